The van der Waals surface area contributed by atoms with Crippen LogP contribution in [-0.2, 0) is 4.74 Å². The maximum absolute atomic E-state index is 10.0. The Bertz CT molecular complexity index is 245. The minimum absolute atomic E-state index is 0.155. The van der Waals surface area contributed by atoms with Crippen LogP contribution in [0, 0.1) is 11.8 Å². The number of hydrogen-bond acceptors (Lipinski definition) is 3. The summed E-state index contributed by atoms with van der Waals surface area (Å²) >= 11 is 0. The molecule has 0 amide bonds. The van der Waals surface area contributed by atoms with Crippen molar-refractivity contribution < 1.29 is 14.9 Å². The molecule has 2 aliphatic rings. The highest BCUT2D eigenvalue weighted by molar-refractivity contribution is 5.13. The van der Waals surface area contributed by atoms with E-state index < -0.39 is 11.9 Å². The fourth-order valence-electron chi connectivity index (χ4n) is 2.59. The van der Waals surface area contributed by atoms with Gasteiger partial charge in [-0.3, -0.25) is 0 Å². The van der Waals surface area contributed by atoms with Gasteiger partial charge in [0.25, 0.3) is 0 Å². The molecule has 4 atom stereocenters. The van der Waals surface area contributed by atoms with Crippen molar-refractivity contribution >= 4 is 0 Å². The van der Waals surface area contributed by atoms with Gasteiger partial charge in [0.05, 0.1) is 17.8 Å². The molecule has 1 heterocycles. The predicted molar refractivity (Wildman–Crippen MR) is 47.7 cm³/mol. The molecular weight excluding hydrogens is 168 g/mol. The van der Waals surface area contributed by atoms with Crippen LogP contribution in [0.15, 0.2) is 11.8 Å². The summed E-state index contributed by atoms with van der Waals surface area (Å²) in [5.74, 6) is 0.135. The van der Waals surface area contributed by atoms with Crippen molar-refractivity contribution in [2.75, 3.05) is 0 Å². The fourth-order valence-corrected chi connectivity index (χ4v) is 2.59. The van der Waals surface area contributed by atoms with Crippen LogP contribution in [0.5, 0.6) is 0 Å². The van der Waals surface area contributed by atoms with Gasteiger partial charge in [-0.25, -0.2) is 0 Å². The van der Waals surface area contributed by atoms with Gasteiger partial charge in [0, 0.05) is 0 Å². The minimum Gasteiger partial charge on any atom is -0.472 e. The summed E-state index contributed by atoms with van der Waals surface area (Å²) < 4.78 is 5.07. The first kappa shape index (κ1) is 9.03. The molecule has 0 aromatic rings. The van der Waals surface area contributed by atoms with Gasteiger partial charge in [0.1, 0.15) is 0 Å². The number of allylic oxidation sites excluding steroid dienone is 1. The van der Waals surface area contributed by atoms with E-state index in [9.17, 15) is 10.2 Å². The van der Waals surface area contributed by atoms with Gasteiger partial charge in [0.2, 0.25) is 6.29 Å². The molecular formula is C10H16O3. The second kappa shape index (κ2) is 2.72. The number of fused-ring (bicyclic) bond motifs is 1. The zero-order valence-corrected chi connectivity index (χ0v) is 8.03. The highest BCUT2D eigenvalue weighted by Gasteiger charge is 2.50. The lowest BCUT2D eigenvalue weighted by atomic mass is 9.82. The van der Waals surface area contributed by atoms with E-state index in [4.69, 9.17) is 4.74 Å². The summed E-state index contributed by atoms with van der Waals surface area (Å²) in [4.78, 5) is 0. The summed E-state index contributed by atoms with van der Waals surface area (Å²) in [7, 11) is 0. The van der Waals surface area contributed by atoms with E-state index in [0.717, 1.165) is 18.4 Å². The zero-order chi connectivity index (χ0) is 9.64. The van der Waals surface area contributed by atoms with Crippen molar-refractivity contribution in [2.24, 2.45) is 11.8 Å². The van der Waals surface area contributed by atoms with Gasteiger partial charge < -0.3 is 14.9 Å². The largest absolute Gasteiger partial charge is 0.472 e. The smallest absolute Gasteiger partial charge is 0.202 e. The summed E-state index contributed by atoms with van der Waals surface area (Å²) in [6, 6.07) is 0. The molecule has 3 heteroatoms. The van der Waals surface area contributed by atoms with Crippen molar-refractivity contribution in [1.82, 2.24) is 0 Å². The molecule has 1 fully saturated rings. The van der Waals surface area contributed by atoms with E-state index >= 15 is 0 Å². The maximum Gasteiger partial charge on any atom is 0.202 e. The Balaban J connectivity index is 2.30. The zero-order valence-electron chi connectivity index (χ0n) is 8.03. The fraction of sp³-hybridized carbons (Fsp3) is 0.800. The molecule has 0 radical (unpaired) electrons. The lowest BCUT2D eigenvalue weighted by molar-refractivity contribution is -0.161. The minimum atomic E-state index is -0.841. The Labute approximate surface area is 78.0 Å². The third kappa shape index (κ3) is 1.27. The highest BCUT2D eigenvalue weighted by atomic mass is 16.6. The average molecular weight is 184 g/mol. The van der Waals surface area contributed by atoms with Gasteiger partial charge in [0.15, 0.2) is 0 Å². The van der Waals surface area contributed by atoms with Crippen LogP contribution < -0.4 is 0 Å². The van der Waals surface area contributed by atoms with Gasteiger partial charge in [-0.05, 0) is 38.2 Å². The molecule has 4 unspecified atom stereocenters. The Morgan fingerprint density at radius 1 is 1.62 bits per heavy atom. The lowest BCUT2D eigenvalue weighted by Crippen LogP contribution is -2.43. The van der Waals surface area contributed by atoms with Crippen molar-refractivity contribution in [2.45, 2.75) is 38.6 Å². The van der Waals surface area contributed by atoms with Gasteiger partial charge in [-0.15, -0.1) is 0 Å². The van der Waals surface area contributed by atoms with Crippen LogP contribution >= 0.6 is 0 Å². The topological polar surface area (TPSA) is 49.7 Å². The Kier molecular flexibility index (Phi) is 1.89. The van der Waals surface area contributed by atoms with E-state index in [-0.39, 0.29) is 5.92 Å². The SMILES string of the molecule is CC1=COC(O)C2C1CCC2(C)O. The number of rotatable bonds is 0. The molecule has 0 aromatic carbocycles. The van der Waals surface area contributed by atoms with Crippen molar-refractivity contribution in [3.8, 4) is 0 Å². The van der Waals surface area contributed by atoms with E-state index in [1.165, 1.54) is 0 Å². The standard InChI is InChI=1S/C10H16O3/c1-6-5-13-9(11)8-7(6)3-4-10(8,2)12/h5,7-9,11-12H,3-4H2,1-2H3. The van der Waals surface area contributed by atoms with Crippen LogP contribution in [-0.4, -0.2) is 22.1 Å². The van der Waals surface area contributed by atoms with Crippen LogP contribution in [0.4, 0.5) is 0 Å². The monoisotopic (exact) mass is 184 g/mol. The van der Waals surface area contributed by atoms with Crippen molar-refractivity contribution in [3.63, 3.8) is 0 Å². The summed E-state index contributed by atoms with van der Waals surface area (Å²) in [5, 5.41) is 19.6. The first-order valence-electron chi connectivity index (χ1n) is 4.75. The Morgan fingerprint density at radius 3 is 2.92 bits per heavy atom. The lowest BCUT2D eigenvalue weighted by Gasteiger charge is -2.36. The average Bonchev–Trinajstić information content (AvgIpc) is 2.36. The third-order valence-electron chi connectivity index (χ3n) is 3.40. The molecule has 2 N–H and O–H groups in total. The van der Waals surface area contributed by atoms with E-state index in [0.29, 0.717) is 5.92 Å². The maximum atomic E-state index is 10.0. The van der Waals surface area contributed by atoms with E-state index in [1.54, 1.807) is 13.2 Å². The van der Waals surface area contributed by atoms with Crippen LogP contribution in [0.3, 0.4) is 0 Å². The highest BCUT2D eigenvalue weighted by Crippen LogP contribution is 2.47. The second-order valence-electron chi connectivity index (χ2n) is 4.42. The summed E-state index contributed by atoms with van der Waals surface area (Å²) in [6.07, 6.45) is 2.47. The van der Waals surface area contributed by atoms with E-state index in [1.807, 2.05) is 6.92 Å². The number of hydrogen-bond donors (Lipinski definition) is 2. The summed E-state index contributed by atoms with van der Waals surface area (Å²) in [6.45, 7) is 3.77. The molecule has 0 bridgehead atoms. The molecule has 0 saturated heterocycles. The van der Waals surface area contributed by atoms with Crippen molar-refractivity contribution in [1.29, 1.82) is 0 Å². The van der Waals surface area contributed by atoms with Crippen LogP contribution in [0.1, 0.15) is 26.7 Å². The Morgan fingerprint density at radius 2 is 2.31 bits per heavy atom. The second-order valence-corrected chi connectivity index (χ2v) is 4.42. The molecule has 3 nitrogen and oxygen atoms in total. The molecule has 0 aromatic heterocycles. The third-order valence-corrected chi connectivity index (χ3v) is 3.40. The van der Waals surface area contributed by atoms with Gasteiger partial charge >= 0.3 is 0 Å². The molecule has 0 spiro atoms. The molecule has 1 saturated carbocycles. The number of aliphatic hydroxyl groups excluding tert-OH is 1. The molecule has 74 valence electrons. The first-order chi connectivity index (χ1) is 6.02. The summed E-state index contributed by atoms with van der Waals surface area (Å²) in [5.41, 5.74) is 0.354. The predicted octanol–water partition coefficient (Wildman–Crippen LogP) is 1.02. The number of ether oxygens (including phenoxy) is 1. The van der Waals surface area contributed by atoms with Gasteiger partial charge in [-0.2, -0.15) is 0 Å². The molecule has 1 aliphatic heterocycles. The number of aliphatic hydroxyl groups is 2. The normalized spacial score (nSPS) is 49.5. The Hall–Kier alpha value is -0.540. The quantitative estimate of drug-likeness (QED) is 0.591. The molecule has 1 aliphatic carbocycles. The van der Waals surface area contributed by atoms with Crippen LogP contribution in [0.25, 0.3) is 0 Å². The van der Waals surface area contributed by atoms with Crippen molar-refractivity contribution in [3.05, 3.63) is 11.8 Å². The molecule has 2 rings (SSSR count). The van der Waals surface area contributed by atoms with Gasteiger partial charge in [-0.1, -0.05) is 0 Å². The first-order valence-corrected chi connectivity index (χ1v) is 4.75. The molecule has 13 heavy (non-hydrogen) atoms. The van der Waals surface area contributed by atoms with E-state index in [2.05, 4.69) is 0 Å². The van der Waals surface area contributed by atoms with Crippen LogP contribution in [0.2, 0.25) is 0 Å².